The van der Waals surface area contributed by atoms with Gasteiger partial charge in [0.1, 0.15) is 12.2 Å². The van der Waals surface area contributed by atoms with Gasteiger partial charge in [0.25, 0.3) is 0 Å². The van der Waals surface area contributed by atoms with Gasteiger partial charge in [0.2, 0.25) is 0 Å². The molecule has 0 aliphatic carbocycles. The van der Waals surface area contributed by atoms with Gasteiger partial charge in [-0.15, -0.1) is 6.58 Å². The minimum absolute atomic E-state index is 0.198. The third-order valence-electron chi connectivity index (χ3n) is 3.87. The van der Waals surface area contributed by atoms with E-state index in [4.69, 9.17) is 9.47 Å². The summed E-state index contributed by atoms with van der Waals surface area (Å²) >= 11 is 0. The van der Waals surface area contributed by atoms with Crippen molar-refractivity contribution in [2.75, 3.05) is 0 Å². The predicted octanol–water partition coefficient (Wildman–Crippen LogP) is 4.93. The Morgan fingerprint density at radius 1 is 1.08 bits per heavy atom. The van der Waals surface area contributed by atoms with E-state index in [0.29, 0.717) is 12.8 Å². The van der Waals surface area contributed by atoms with Crippen molar-refractivity contribution >= 4 is 11.9 Å². The third-order valence-corrected chi connectivity index (χ3v) is 3.87. The second-order valence-corrected chi connectivity index (χ2v) is 7.99. The maximum Gasteiger partial charge on any atom is 0.310 e. The first-order valence-corrected chi connectivity index (χ1v) is 9.18. The molecule has 0 aromatic heterocycles. The molecule has 0 amide bonds. The SMILES string of the molecule is C=CC[C@H](C(=O)OC(C)(C)C)C(CC(C)C)C(=O)OCc1ccccc1. The number of carbonyl (C=O) groups is 2. The summed E-state index contributed by atoms with van der Waals surface area (Å²) in [7, 11) is 0. The normalized spacial score (nSPS) is 13.8. The summed E-state index contributed by atoms with van der Waals surface area (Å²) in [6.45, 7) is 13.4. The summed E-state index contributed by atoms with van der Waals surface area (Å²) in [5.41, 5.74) is 0.314. The molecule has 0 aliphatic rings. The van der Waals surface area contributed by atoms with Gasteiger partial charge in [-0.1, -0.05) is 50.3 Å². The molecule has 1 rings (SSSR count). The van der Waals surface area contributed by atoms with Crippen LogP contribution in [0.4, 0.5) is 0 Å². The van der Waals surface area contributed by atoms with Crippen LogP contribution >= 0.6 is 0 Å². The molecule has 0 heterocycles. The van der Waals surface area contributed by atoms with E-state index >= 15 is 0 Å². The van der Waals surface area contributed by atoms with Crippen molar-refractivity contribution in [3.05, 3.63) is 48.6 Å². The Hall–Kier alpha value is -2.10. The first-order valence-electron chi connectivity index (χ1n) is 9.18. The number of benzene rings is 1. The Morgan fingerprint density at radius 3 is 2.19 bits per heavy atom. The van der Waals surface area contributed by atoms with E-state index in [1.54, 1.807) is 6.08 Å². The zero-order valence-electron chi connectivity index (χ0n) is 16.7. The Labute approximate surface area is 157 Å². The van der Waals surface area contributed by atoms with Crippen LogP contribution in [-0.2, 0) is 25.7 Å². The largest absolute Gasteiger partial charge is 0.461 e. The maximum atomic E-state index is 12.8. The molecule has 0 spiro atoms. The van der Waals surface area contributed by atoms with Gasteiger partial charge in [0.05, 0.1) is 11.8 Å². The monoisotopic (exact) mass is 360 g/mol. The van der Waals surface area contributed by atoms with Gasteiger partial charge < -0.3 is 9.47 Å². The maximum absolute atomic E-state index is 12.8. The lowest BCUT2D eigenvalue weighted by molar-refractivity contribution is -0.169. The minimum atomic E-state index is -0.604. The molecular formula is C22H32O4. The Balaban J connectivity index is 2.93. The van der Waals surface area contributed by atoms with Crippen LogP contribution in [0.5, 0.6) is 0 Å². The van der Waals surface area contributed by atoms with Crippen LogP contribution in [0.2, 0.25) is 0 Å². The second-order valence-electron chi connectivity index (χ2n) is 7.99. The van der Waals surface area contributed by atoms with E-state index in [1.165, 1.54) is 0 Å². The van der Waals surface area contributed by atoms with Crippen molar-refractivity contribution in [2.45, 2.75) is 59.7 Å². The predicted molar refractivity (Wildman–Crippen MR) is 103 cm³/mol. The first kappa shape index (κ1) is 21.9. The van der Waals surface area contributed by atoms with Gasteiger partial charge in [-0.25, -0.2) is 0 Å². The molecule has 0 N–H and O–H groups in total. The lowest BCUT2D eigenvalue weighted by Gasteiger charge is -2.28. The number of hydrogen-bond acceptors (Lipinski definition) is 4. The number of ether oxygens (including phenoxy) is 2. The summed E-state index contributed by atoms with van der Waals surface area (Å²) in [4.78, 5) is 25.4. The van der Waals surface area contributed by atoms with Crippen molar-refractivity contribution in [1.29, 1.82) is 0 Å². The molecule has 0 fully saturated rings. The van der Waals surface area contributed by atoms with Gasteiger partial charge >= 0.3 is 11.9 Å². The molecule has 4 nitrogen and oxygen atoms in total. The van der Waals surface area contributed by atoms with Crippen LogP contribution in [0.1, 0.15) is 53.0 Å². The molecule has 2 atom stereocenters. The summed E-state index contributed by atoms with van der Waals surface area (Å²) in [5.74, 6) is -1.62. The number of esters is 2. The molecule has 4 heteroatoms. The summed E-state index contributed by atoms with van der Waals surface area (Å²) in [5, 5.41) is 0. The fourth-order valence-electron chi connectivity index (χ4n) is 2.75. The van der Waals surface area contributed by atoms with Crippen LogP contribution < -0.4 is 0 Å². The lowest BCUT2D eigenvalue weighted by atomic mass is 9.83. The van der Waals surface area contributed by atoms with E-state index < -0.39 is 17.4 Å². The van der Waals surface area contributed by atoms with Gasteiger partial charge in [-0.05, 0) is 45.1 Å². The summed E-state index contributed by atoms with van der Waals surface area (Å²) < 4.78 is 11.1. The van der Waals surface area contributed by atoms with Crippen LogP contribution in [0, 0.1) is 17.8 Å². The highest BCUT2D eigenvalue weighted by atomic mass is 16.6. The zero-order chi connectivity index (χ0) is 19.7. The average Bonchev–Trinajstić information content (AvgIpc) is 2.55. The lowest BCUT2D eigenvalue weighted by Crippen LogP contribution is -2.36. The third kappa shape index (κ3) is 7.85. The molecule has 0 bridgehead atoms. The fraction of sp³-hybridized carbons (Fsp3) is 0.545. The van der Waals surface area contributed by atoms with E-state index in [-0.39, 0.29) is 24.5 Å². The van der Waals surface area contributed by atoms with Crippen LogP contribution in [-0.4, -0.2) is 17.5 Å². The average molecular weight is 360 g/mol. The van der Waals surface area contributed by atoms with Crippen molar-refractivity contribution in [3.63, 3.8) is 0 Å². The number of allylic oxidation sites excluding steroid dienone is 1. The zero-order valence-corrected chi connectivity index (χ0v) is 16.7. The van der Waals surface area contributed by atoms with Crippen molar-refractivity contribution in [1.82, 2.24) is 0 Å². The van der Waals surface area contributed by atoms with Gasteiger partial charge in [0, 0.05) is 0 Å². The molecule has 1 unspecified atom stereocenters. The van der Waals surface area contributed by atoms with Crippen LogP contribution in [0.15, 0.2) is 43.0 Å². The molecule has 1 aromatic carbocycles. The summed E-state index contributed by atoms with van der Waals surface area (Å²) in [6.07, 6.45) is 2.60. The number of carbonyl (C=O) groups excluding carboxylic acids is 2. The van der Waals surface area contributed by atoms with E-state index in [0.717, 1.165) is 5.56 Å². The number of rotatable bonds is 9. The number of hydrogen-bond donors (Lipinski definition) is 0. The van der Waals surface area contributed by atoms with Crippen LogP contribution in [0.25, 0.3) is 0 Å². The van der Waals surface area contributed by atoms with Crippen molar-refractivity contribution < 1.29 is 19.1 Å². The smallest absolute Gasteiger partial charge is 0.310 e. The minimum Gasteiger partial charge on any atom is -0.461 e. The molecule has 0 saturated carbocycles. The topological polar surface area (TPSA) is 52.6 Å². The highest BCUT2D eigenvalue weighted by Gasteiger charge is 2.37. The molecular weight excluding hydrogens is 328 g/mol. The van der Waals surface area contributed by atoms with Gasteiger partial charge in [-0.3, -0.25) is 9.59 Å². The van der Waals surface area contributed by atoms with E-state index in [1.807, 2.05) is 65.0 Å². The fourth-order valence-corrected chi connectivity index (χ4v) is 2.75. The van der Waals surface area contributed by atoms with E-state index in [9.17, 15) is 9.59 Å². The van der Waals surface area contributed by atoms with Crippen molar-refractivity contribution in [2.24, 2.45) is 17.8 Å². The molecule has 0 aliphatic heterocycles. The van der Waals surface area contributed by atoms with E-state index in [2.05, 4.69) is 6.58 Å². The Morgan fingerprint density at radius 2 is 1.69 bits per heavy atom. The van der Waals surface area contributed by atoms with Crippen molar-refractivity contribution in [3.8, 4) is 0 Å². The Bertz CT molecular complexity index is 584. The first-order chi connectivity index (χ1) is 12.1. The molecule has 26 heavy (non-hydrogen) atoms. The highest BCUT2D eigenvalue weighted by molar-refractivity contribution is 5.82. The summed E-state index contributed by atoms with van der Waals surface area (Å²) in [6, 6.07) is 9.51. The van der Waals surface area contributed by atoms with Crippen LogP contribution in [0.3, 0.4) is 0 Å². The highest BCUT2D eigenvalue weighted by Crippen LogP contribution is 2.28. The molecule has 1 aromatic rings. The molecule has 0 saturated heterocycles. The quantitative estimate of drug-likeness (QED) is 0.463. The molecule has 0 radical (unpaired) electrons. The Kier molecular flexibility index (Phi) is 8.56. The van der Waals surface area contributed by atoms with Gasteiger partial charge in [0.15, 0.2) is 0 Å². The molecule has 144 valence electrons. The van der Waals surface area contributed by atoms with Gasteiger partial charge in [-0.2, -0.15) is 0 Å². The standard InChI is InChI=1S/C22H32O4/c1-7-11-18(21(24)26-22(4,5)6)19(14-16(2)3)20(23)25-15-17-12-9-8-10-13-17/h7-10,12-13,16,18-19H,1,11,14-15H2,2-6H3/t18-,19?/m0/s1. The second kappa shape index (κ2) is 10.1.